The highest BCUT2D eigenvalue weighted by molar-refractivity contribution is 6.01. The summed E-state index contributed by atoms with van der Waals surface area (Å²) in [5.41, 5.74) is 1.57. The lowest BCUT2D eigenvalue weighted by Gasteiger charge is -2.13. The number of hydrogen-bond acceptors (Lipinski definition) is 7. The third-order valence-corrected chi connectivity index (χ3v) is 4.37. The lowest BCUT2D eigenvalue weighted by Crippen LogP contribution is -2.27. The number of benzene rings is 2. The third-order valence-electron chi connectivity index (χ3n) is 4.37. The fraction of sp³-hybridized carbons (Fsp3) is 0.304. The van der Waals surface area contributed by atoms with Gasteiger partial charge >= 0.3 is 0 Å². The summed E-state index contributed by atoms with van der Waals surface area (Å²) in [6, 6.07) is 12.8. The molecule has 1 amide bonds. The van der Waals surface area contributed by atoms with Gasteiger partial charge in [0.15, 0.2) is 23.0 Å². The largest absolute Gasteiger partial charge is 0.490 e. The van der Waals surface area contributed by atoms with Crippen LogP contribution in [0, 0.1) is 11.3 Å². The zero-order valence-electron chi connectivity index (χ0n) is 17.5. The second-order valence-electron chi connectivity index (χ2n) is 6.53. The first-order chi connectivity index (χ1) is 15.1. The van der Waals surface area contributed by atoms with Gasteiger partial charge in [-0.1, -0.05) is 12.1 Å². The van der Waals surface area contributed by atoms with E-state index in [1.807, 2.05) is 31.2 Å². The van der Waals surface area contributed by atoms with Crippen LogP contribution >= 0.6 is 0 Å². The Morgan fingerprint density at radius 2 is 2.00 bits per heavy atom. The fourth-order valence-corrected chi connectivity index (χ4v) is 2.87. The molecule has 8 heteroatoms. The van der Waals surface area contributed by atoms with Crippen LogP contribution in [0.4, 0.5) is 0 Å². The van der Waals surface area contributed by atoms with Gasteiger partial charge in [-0.25, -0.2) is 0 Å². The van der Waals surface area contributed by atoms with E-state index in [-0.39, 0.29) is 12.4 Å². The summed E-state index contributed by atoms with van der Waals surface area (Å²) in [4.78, 5) is 12.1. The molecule has 1 aliphatic rings. The van der Waals surface area contributed by atoms with E-state index in [2.05, 4.69) is 5.32 Å². The van der Waals surface area contributed by atoms with E-state index in [1.54, 1.807) is 25.3 Å². The van der Waals surface area contributed by atoms with Crippen LogP contribution in [0.3, 0.4) is 0 Å². The van der Waals surface area contributed by atoms with E-state index in [0.717, 1.165) is 11.3 Å². The van der Waals surface area contributed by atoms with Crippen molar-refractivity contribution in [2.24, 2.45) is 0 Å². The molecular weight excluding hydrogens is 400 g/mol. The van der Waals surface area contributed by atoms with Gasteiger partial charge in [-0.3, -0.25) is 4.79 Å². The van der Waals surface area contributed by atoms with Crippen LogP contribution < -0.4 is 24.3 Å². The molecule has 0 aliphatic carbocycles. The number of rotatable bonds is 10. The zero-order chi connectivity index (χ0) is 22.1. The minimum atomic E-state index is -0.458. The zero-order valence-corrected chi connectivity index (χ0v) is 17.5. The van der Waals surface area contributed by atoms with Gasteiger partial charge in [0.05, 0.1) is 13.2 Å². The number of nitrogens with one attached hydrogen (secondary N) is 1. The number of nitrogens with zero attached hydrogens (tertiary/aromatic N) is 1. The lowest BCUT2D eigenvalue weighted by atomic mass is 10.1. The van der Waals surface area contributed by atoms with E-state index in [9.17, 15) is 10.1 Å². The Morgan fingerprint density at radius 1 is 1.16 bits per heavy atom. The Bertz CT molecular complexity index is 996. The number of amides is 1. The molecule has 0 radical (unpaired) electrons. The number of carbonyl (C=O) groups is 1. The van der Waals surface area contributed by atoms with Crippen molar-refractivity contribution in [2.45, 2.75) is 13.5 Å². The SMILES string of the molecule is CCOc1cc(/C=C(\C#N)C(=O)NCCOC)ccc1OCc1ccc2c(c1)OCO2. The van der Waals surface area contributed by atoms with Gasteiger partial charge < -0.3 is 29.0 Å². The molecule has 0 saturated carbocycles. The average Bonchev–Trinajstić information content (AvgIpc) is 3.25. The summed E-state index contributed by atoms with van der Waals surface area (Å²) in [7, 11) is 1.54. The van der Waals surface area contributed by atoms with Crippen molar-refractivity contribution in [1.82, 2.24) is 5.32 Å². The van der Waals surface area contributed by atoms with Gasteiger partial charge in [-0.15, -0.1) is 0 Å². The number of nitriles is 1. The summed E-state index contributed by atoms with van der Waals surface area (Å²) in [6.45, 7) is 3.54. The number of methoxy groups -OCH3 is 1. The molecule has 1 heterocycles. The van der Waals surface area contributed by atoms with Gasteiger partial charge in [0.2, 0.25) is 6.79 Å². The highest BCUT2D eigenvalue weighted by Crippen LogP contribution is 2.34. The molecule has 0 unspecified atom stereocenters. The first kappa shape index (κ1) is 22.0. The van der Waals surface area contributed by atoms with Crippen molar-refractivity contribution in [3.63, 3.8) is 0 Å². The van der Waals surface area contributed by atoms with Crippen LogP contribution in [0.25, 0.3) is 6.08 Å². The van der Waals surface area contributed by atoms with Crippen molar-refractivity contribution in [3.05, 3.63) is 53.1 Å². The third kappa shape index (κ3) is 5.90. The van der Waals surface area contributed by atoms with E-state index in [4.69, 9.17) is 23.7 Å². The van der Waals surface area contributed by atoms with Gasteiger partial charge in [0, 0.05) is 13.7 Å². The predicted octanol–water partition coefficient (Wildman–Crippen LogP) is 3.06. The molecule has 0 fully saturated rings. The molecular formula is C23H24N2O6. The Hall–Kier alpha value is -3.70. The summed E-state index contributed by atoms with van der Waals surface area (Å²) < 4.78 is 27.2. The Labute approximate surface area is 180 Å². The highest BCUT2D eigenvalue weighted by atomic mass is 16.7. The average molecular weight is 424 g/mol. The highest BCUT2D eigenvalue weighted by Gasteiger charge is 2.14. The second-order valence-corrected chi connectivity index (χ2v) is 6.53. The van der Waals surface area contributed by atoms with Crippen LogP contribution in [-0.4, -0.2) is 39.6 Å². The molecule has 162 valence electrons. The first-order valence-electron chi connectivity index (χ1n) is 9.81. The Kier molecular flexibility index (Phi) is 7.73. The van der Waals surface area contributed by atoms with Crippen LogP contribution in [0.1, 0.15) is 18.1 Å². The van der Waals surface area contributed by atoms with Gasteiger partial charge in [0.25, 0.3) is 5.91 Å². The molecule has 31 heavy (non-hydrogen) atoms. The minimum Gasteiger partial charge on any atom is -0.490 e. The molecule has 0 aromatic heterocycles. The van der Waals surface area contributed by atoms with Gasteiger partial charge in [-0.2, -0.15) is 5.26 Å². The number of fused-ring (bicyclic) bond motifs is 1. The van der Waals surface area contributed by atoms with Crippen molar-refractivity contribution in [2.75, 3.05) is 33.7 Å². The normalized spacial score (nSPS) is 12.2. The van der Waals surface area contributed by atoms with Crippen LogP contribution in [0.2, 0.25) is 0 Å². The molecule has 2 aromatic rings. The predicted molar refractivity (Wildman–Crippen MR) is 113 cm³/mol. The van der Waals surface area contributed by atoms with Crippen LogP contribution in [0.5, 0.6) is 23.0 Å². The van der Waals surface area contributed by atoms with E-state index < -0.39 is 5.91 Å². The summed E-state index contributed by atoms with van der Waals surface area (Å²) >= 11 is 0. The van der Waals surface area contributed by atoms with E-state index in [1.165, 1.54) is 6.08 Å². The number of carbonyl (C=O) groups excluding carboxylic acids is 1. The summed E-state index contributed by atoms with van der Waals surface area (Å²) in [5.74, 6) is 2.03. The molecule has 8 nitrogen and oxygen atoms in total. The molecule has 0 atom stereocenters. The Morgan fingerprint density at radius 3 is 2.77 bits per heavy atom. The van der Waals surface area contributed by atoms with Crippen LogP contribution in [0.15, 0.2) is 42.0 Å². The standard InChI is InChI=1S/C23H24N2O6/c1-3-28-21-11-16(10-18(13-24)23(26)25-8-9-27-2)4-6-19(21)29-14-17-5-7-20-22(12-17)31-15-30-20/h4-7,10-12H,3,8-9,14-15H2,1-2H3,(H,25,26)/b18-10+. The molecule has 0 bridgehead atoms. The van der Waals surface area contributed by atoms with Crippen molar-refractivity contribution in [1.29, 1.82) is 5.26 Å². The molecule has 0 saturated heterocycles. The summed E-state index contributed by atoms with van der Waals surface area (Å²) in [6.07, 6.45) is 1.51. The Balaban J connectivity index is 1.72. The van der Waals surface area contributed by atoms with Crippen molar-refractivity contribution in [3.8, 4) is 29.1 Å². The van der Waals surface area contributed by atoms with E-state index in [0.29, 0.717) is 49.2 Å². The minimum absolute atomic E-state index is 0.00687. The maximum Gasteiger partial charge on any atom is 0.262 e. The number of hydrogen-bond donors (Lipinski definition) is 1. The lowest BCUT2D eigenvalue weighted by molar-refractivity contribution is -0.117. The molecule has 2 aromatic carbocycles. The second kappa shape index (κ2) is 10.9. The molecule has 3 rings (SSSR count). The maximum absolute atomic E-state index is 12.1. The number of ether oxygens (including phenoxy) is 5. The quantitative estimate of drug-likeness (QED) is 0.355. The van der Waals surface area contributed by atoms with Gasteiger partial charge in [-0.05, 0) is 48.4 Å². The topological polar surface area (TPSA) is 99.0 Å². The maximum atomic E-state index is 12.1. The fourth-order valence-electron chi connectivity index (χ4n) is 2.87. The monoisotopic (exact) mass is 424 g/mol. The molecule has 1 aliphatic heterocycles. The molecule has 0 spiro atoms. The van der Waals surface area contributed by atoms with Crippen molar-refractivity contribution >= 4 is 12.0 Å². The van der Waals surface area contributed by atoms with Crippen LogP contribution in [-0.2, 0) is 16.1 Å². The molecule has 1 N–H and O–H groups in total. The first-order valence-corrected chi connectivity index (χ1v) is 9.81. The van der Waals surface area contributed by atoms with E-state index >= 15 is 0 Å². The van der Waals surface area contributed by atoms with Gasteiger partial charge in [0.1, 0.15) is 18.2 Å². The smallest absolute Gasteiger partial charge is 0.262 e. The van der Waals surface area contributed by atoms with Crippen molar-refractivity contribution < 1.29 is 28.5 Å². The summed E-state index contributed by atoms with van der Waals surface area (Å²) in [5, 5.41) is 12.0.